The van der Waals surface area contributed by atoms with Crippen molar-refractivity contribution in [2.75, 3.05) is 44.2 Å². The van der Waals surface area contributed by atoms with Gasteiger partial charge in [0.25, 0.3) is 0 Å². The number of piperazine rings is 1. The molecule has 0 saturated carbocycles. The minimum atomic E-state index is -0.547. The third-order valence-electron chi connectivity index (χ3n) is 4.76. The highest BCUT2D eigenvalue weighted by Gasteiger charge is 2.23. The quantitative estimate of drug-likeness (QED) is 0.805. The van der Waals surface area contributed by atoms with Crippen molar-refractivity contribution in [1.82, 2.24) is 0 Å². The number of nitrogens with zero attached hydrogens (tertiary/aromatic N) is 1. The van der Waals surface area contributed by atoms with Crippen molar-refractivity contribution in [1.29, 1.82) is 0 Å². The highest BCUT2D eigenvalue weighted by atomic mass is 35.5. The van der Waals surface area contributed by atoms with Gasteiger partial charge in [0, 0.05) is 10.7 Å². The Bertz CT molecular complexity index is 718. The van der Waals surface area contributed by atoms with Crippen LogP contribution in [0, 0.1) is 12.7 Å². The molecule has 1 atom stereocenters. The summed E-state index contributed by atoms with van der Waals surface area (Å²) in [5, 5.41) is 11.0. The number of aryl methyl sites for hydroxylation is 1. The van der Waals surface area contributed by atoms with Crippen molar-refractivity contribution < 1.29 is 19.1 Å². The van der Waals surface area contributed by atoms with Gasteiger partial charge >= 0.3 is 0 Å². The summed E-state index contributed by atoms with van der Waals surface area (Å²) in [7, 11) is 0. The monoisotopic (exact) mass is 379 g/mol. The van der Waals surface area contributed by atoms with Gasteiger partial charge in [-0.3, -0.25) is 0 Å². The van der Waals surface area contributed by atoms with E-state index in [2.05, 4.69) is 11.8 Å². The van der Waals surface area contributed by atoms with E-state index in [1.165, 1.54) is 28.3 Å². The standard InChI is InChI=1S/C20H24ClFN2O2/c1-15-2-3-16(21)12-20(15)24-10-8-23(9-11-24)13-18(25)14-26-19-6-4-17(22)5-7-19/h2-7,12,18,25H,8-11,13-14H2,1H3/p+1/t18-/m1/s1. The smallest absolute Gasteiger partial charge is 0.137 e. The van der Waals surface area contributed by atoms with Crippen LogP contribution < -0.4 is 14.5 Å². The van der Waals surface area contributed by atoms with E-state index < -0.39 is 6.10 Å². The Balaban J connectivity index is 1.44. The highest BCUT2D eigenvalue weighted by Crippen LogP contribution is 2.24. The van der Waals surface area contributed by atoms with Crippen LogP contribution in [-0.4, -0.2) is 50.5 Å². The summed E-state index contributed by atoms with van der Waals surface area (Å²) < 4.78 is 18.4. The normalized spacial score (nSPS) is 16.5. The Kier molecular flexibility index (Phi) is 6.35. The maximum atomic E-state index is 12.9. The zero-order valence-corrected chi connectivity index (χ0v) is 15.7. The van der Waals surface area contributed by atoms with E-state index in [9.17, 15) is 9.50 Å². The zero-order chi connectivity index (χ0) is 18.5. The fourth-order valence-electron chi connectivity index (χ4n) is 3.31. The Morgan fingerprint density at radius 3 is 2.58 bits per heavy atom. The number of nitrogens with one attached hydrogen (secondary N) is 1. The van der Waals surface area contributed by atoms with Gasteiger partial charge in [0.2, 0.25) is 0 Å². The lowest BCUT2D eigenvalue weighted by atomic mass is 10.1. The molecular formula is C20H25ClFN2O2+. The minimum absolute atomic E-state index is 0.215. The van der Waals surface area contributed by atoms with Crippen molar-refractivity contribution in [2.45, 2.75) is 13.0 Å². The van der Waals surface area contributed by atoms with Crippen LogP contribution in [0.1, 0.15) is 5.56 Å². The SMILES string of the molecule is Cc1ccc(Cl)cc1N1CC[NH+](C[C@@H](O)COc2ccc(F)cc2)CC1. The van der Waals surface area contributed by atoms with Crippen LogP contribution in [0.5, 0.6) is 5.75 Å². The second kappa shape index (κ2) is 8.71. The van der Waals surface area contributed by atoms with E-state index >= 15 is 0 Å². The molecule has 0 amide bonds. The molecule has 1 saturated heterocycles. The first-order valence-electron chi connectivity index (χ1n) is 8.92. The van der Waals surface area contributed by atoms with Crippen LogP contribution in [0.15, 0.2) is 42.5 Å². The van der Waals surface area contributed by atoms with Crippen molar-refractivity contribution in [3.05, 3.63) is 58.9 Å². The number of benzene rings is 2. The topological polar surface area (TPSA) is 37.1 Å². The van der Waals surface area contributed by atoms with Crippen LogP contribution in [0.4, 0.5) is 10.1 Å². The molecular weight excluding hydrogens is 355 g/mol. The molecule has 6 heteroatoms. The molecule has 26 heavy (non-hydrogen) atoms. The first-order valence-corrected chi connectivity index (χ1v) is 9.30. The van der Waals surface area contributed by atoms with E-state index in [0.717, 1.165) is 31.2 Å². The van der Waals surface area contributed by atoms with Crippen LogP contribution in [-0.2, 0) is 0 Å². The van der Waals surface area contributed by atoms with E-state index in [-0.39, 0.29) is 12.4 Å². The third-order valence-corrected chi connectivity index (χ3v) is 5.00. The molecule has 0 bridgehead atoms. The van der Waals surface area contributed by atoms with Crippen molar-refractivity contribution in [2.24, 2.45) is 0 Å². The second-order valence-corrected chi connectivity index (χ2v) is 7.23. The van der Waals surface area contributed by atoms with Gasteiger partial charge in [0.15, 0.2) is 0 Å². The van der Waals surface area contributed by atoms with Gasteiger partial charge in [-0.2, -0.15) is 0 Å². The molecule has 4 nitrogen and oxygen atoms in total. The van der Waals surface area contributed by atoms with Crippen molar-refractivity contribution in [3.8, 4) is 5.75 Å². The van der Waals surface area contributed by atoms with E-state index in [4.69, 9.17) is 16.3 Å². The number of anilines is 1. The average Bonchev–Trinajstić information content (AvgIpc) is 2.64. The first kappa shape index (κ1) is 19.0. The molecule has 140 valence electrons. The van der Waals surface area contributed by atoms with Gasteiger partial charge in [-0.15, -0.1) is 0 Å². The molecule has 1 heterocycles. The molecule has 1 fully saturated rings. The molecule has 0 aliphatic carbocycles. The largest absolute Gasteiger partial charge is 0.491 e. The summed E-state index contributed by atoms with van der Waals surface area (Å²) in [6.45, 7) is 6.74. The number of aliphatic hydroxyl groups is 1. The lowest BCUT2D eigenvalue weighted by Crippen LogP contribution is -3.16. The Labute approximate surface area is 158 Å². The fraction of sp³-hybridized carbons (Fsp3) is 0.400. The van der Waals surface area contributed by atoms with Crippen LogP contribution in [0.25, 0.3) is 0 Å². The van der Waals surface area contributed by atoms with Crippen molar-refractivity contribution in [3.63, 3.8) is 0 Å². The van der Waals surface area contributed by atoms with Gasteiger partial charge in [-0.25, -0.2) is 4.39 Å². The Morgan fingerprint density at radius 1 is 1.19 bits per heavy atom. The predicted octanol–water partition coefficient (Wildman–Crippen LogP) is 1.93. The van der Waals surface area contributed by atoms with Gasteiger partial charge < -0.3 is 19.6 Å². The third kappa shape index (κ3) is 5.10. The Morgan fingerprint density at radius 2 is 1.88 bits per heavy atom. The van der Waals surface area contributed by atoms with Crippen LogP contribution >= 0.6 is 11.6 Å². The highest BCUT2D eigenvalue weighted by molar-refractivity contribution is 6.30. The fourth-order valence-corrected chi connectivity index (χ4v) is 3.47. The molecule has 2 aromatic carbocycles. The Hall–Kier alpha value is -1.82. The van der Waals surface area contributed by atoms with Gasteiger partial charge in [0.05, 0.1) is 26.2 Å². The van der Waals surface area contributed by atoms with Gasteiger partial charge in [-0.05, 0) is 48.9 Å². The molecule has 2 N–H and O–H groups in total. The maximum Gasteiger partial charge on any atom is 0.137 e. The molecule has 0 aromatic heterocycles. The lowest BCUT2D eigenvalue weighted by molar-refractivity contribution is -0.903. The summed E-state index contributed by atoms with van der Waals surface area (Å²) in [6, 6.07) is 11.8. The summed E-state index contributed by atoms with van der Waals surface area (Å²) in [5.41, 5.74) is 2.42. The van der Waals surface area contributed by atoms with Gasteiger partial charge in [0.1, 0.15) is 30.8 Å². The molecule has 0 radical (unpaired) electrons. The molecule has 1 aliphatic heterocycles. The summed E-state index contributed by atoms with van der Waals surface area (Å²) in [5.74, 6) is 0.275. The number of aliphatic hydroxyl groups excluding tert-OH is 1. The summed E-state index contributed by atoms with van der Waals surface area (Å²) in [4.78, 5) is 3.71. The van der Waals surface area contributed by atoms with Crippen LogP contribution in [0.2, 0.25) is 5.02 Å². The minimum Gasteiger partial charge on any atom is -0.491 e. The molecule has 2 aromatic rings. The number of ether oxygens (including phenoxy) is 1. The first-order chi connectivity index (χ1) is 12.5. The second-order valence-electron chi connectivity index (χ2n) is 6.79. The molecule has 0 spiro atoms. The predicted molar refractivity (Wildman–Crippen MR) is 102 cm³/mol. The van der Waals surface area contributed by atoms with Crippen LogP contribution in [0.3, 0.4) is 0 Å². The number of hydrogen-bond acceptors (Lipinski definition) is 3. The summed E-state index contributed by atoms with van der Waals surface area (Å²) >= 11 is 6.13. The summed E-state index contributed by atoms with van der Waals surface area (Å²) in [6.07, 6.45) is -0.547. The van der Waals surface area contributed by atoms with Gasteiger partial charge in [-0.1, -0.05) is 17.7 Å². The zero-order valence-electron chi connectivity index (χ0n) is 14.9. The van der Waals surface area contributed by atoms with E-state index in [1.54, 1.807) is 12.1 Å². The van der Waals surface area contributed by atoms with Crippen molar-refractivity contribution >= 4 is 17.3 Å². The van der Waals surface area contributed by atoms with E-state index in [1.807, 2.05) is 18.2 Å². The number of rotatable bonds is 6. The number of hydrogen-bond donors (Lipinski definition) is 2. The molecule has 0 unspecified atom stereocenters. The lowest BCUT2D eigenvalue weighted by Gasteiger charge is -2.35. The van der Waals surface area contributed by atoms with E-state index in [0.29, 0.717) is 12.3 Å². The molecule has 3 rings (SSSR count). The number of halogens is 2. The number of quaternary nitrogens is 1. The average molecular weight is 380 g/mol. The maximum absolute atomic E-state index is 12.9. The molecule has 1 aliphatic rings.